The Labute approximate surface area is 182 Å². The molecule has 0 spiro atoms. The van der Waals surface area contributed by atoms with E-state index in [4.69, 9.17) is 9.47 Å². The Bertz CT molecular complexity index is 1310. The first kappa shape index (κ1) is 20.5. The number of anilines is 1. The van der Waals surface area contributed by atoms with E-state index in [1.54, 1.807) is 36.4 Å². The number of amides is 1. The van der Waals surface area contributed by atoms with Crippen molar-refractivity contribution in [2.75, 3.05) is 12.5 Å². The fourth-order valence-corrected chi connectivity index (χ4v) is 3.05. The van der Waals surface area contributed by atoms with Crippen LogP contribution in [0.15, 0.2) is 73.1 Å². The van der Waals surface area contributed by atoms with Crippen molar-refractivity contribution < 1.29 is 19.2 Å². The number of nitrogens with one attached hydrogen (secondary N) is 2. The van der Waals surface area contributed by atoms with Crippen molar-refractivity contribution >= 4 is 28.2 Å². The second-order valence-electron chi connectivity index (χ2n) is 6.52. The van der Waals surface area contributed by atoms with E-state index in [1.165, 1.54) is 7.11 Å². The largest absolute Gasteiger partial charge is 0.496 e. The molecule has 32 heavy (non-hydrogen) atoms. The number of benzene rings is 3. The molecule has 1 heterocycles. The normalized spacial score (nSPS) is 10.4. The second kappa shape index (κ2) is 8.96. The minimum absolute atomic E-state index is 0.232. The molecule has 0 saturated carbocycles. The zero-order valence-corrected chi connectivity index (χ0v) is 16.8. The van der Waals surface area contributed by atoms with Gasteiger partial charge < -0.3 is 9.47 Å². The van der Waals surface area contributed by atoms with Crippen LogP contribution in [0.2, 0.25) is 0 Å². The quantitative estimate of drug-likeness (QED) is 0.331. The van der Waals surface area contributed by atoms with Crippen LogP contribution in [-0.2, 0) is 0 Å². The van der Waals surface area contributed by atoms with Gasteiger partial charge in [-0.25, -0.2) is 4.98 Å². The smallest absolute Gasteiger partial charge is 0.374 e. The van der Waals surface area contributed by atoms with Gasteiger partial charge in [0.1, 0.15) is 17.8 Å². The third kappa shape index (κ3) is 4.24. The van der Waals surface area contributed by atoms with Gasteiger partial charge in [0, 0.05) is 0 Å². The summed E-state index contributed by atoms with van der Waals surface area (Å²) in [5, 5.41) is 13.6. The highest BCUT2D eigenvalue weighted by molar-refractivity contribution is 5.97. The summed E-state index contributed by atoms with van der Waals surface area (Å²) < 4.78 is 10.8. The maximum absolute atomic E-state index is 12.5. The standard InChI is InChI=1S/C22H17N5O5/c1-31-18-9-5-4-8-17(18)21(28)26-25-20-19(27(29)30)22(24-13-23-20)32-16-11-10-14-6-2-3-7-15(14)12-16/h2-13H,1H3,(H,26,28)(H,23,24,25). The first-order chi connectivity index (χ1) is 15.6. The third-order valence-electron chi connectivity index (χ3n) is 4.55. The molecule has 0 saturated heterocycles. The van der Waals surface area contributed by atoms with E-state index in [-0.39, 0.29) is 17.3 Å². The minimum Gasteiger partial charge on any atom is -0.496 e. The molecule has 10 heteroatoms. The number of nitrogens with zero attached hydrogens (tertiary/aromatic N) is 3. The highest BCUT2D eigenvalue weighted by Crippen LogP contribution is 2.34. The molecule has 0 aliphatic rings. The molecule has 2 N–H and O–H groups in total. The number of nitro groups is 1. The van der Waals surface area contributed by atoms with Crippen LogP contribution in [0.5, 0.6) is 17.4 Å². The SMILES string of the molecule is COc1ccccc1C(=O)NNc1ncnc(Oc2ccc3ccccc3c2)c1[N+](=O)[O-]. The Morgan fingerprint density at radius 2 is 1.75 bits per heavy atom. The molecule has 4 rings (SSSR count). The lowest BCUT2D eigenvalue weighted by Gasteiger charge is -2.12. The predicted octanol–water partition coefficient (Wildman–Crippen LogP) is 4.10. The number of hydrazine groups is 1. The van der Waals surface area contributed by atoms with Crippen LogP contribution < -0.4 is 20.3 Å². The Hall–Kier alpha value is -4.73. The number of hydrogen-bond acceptors (Lipinski definition) is 8. The van der Waals surface area contributed by atoms with Crippen LogP contribution in [-0.4, -0.2) is 27.9 Å². The monoisotopic (exact) mass is 431 g/mol. The van der Waals surface area contributed by atoms with Gasteiger partial charge in [0.05, 0.1) is 17.6 Å². The molecule has 1 aromatic heterocycles. The molecule has 1 amide bonds. The predicted molar refractivity (Wildman–Crippen MR) is 117 cm³/mol. The average molecular weight is 431 g/mol. The zero-order valence-electron chi connectivity index (χ0n) is 16.8. The van der Waals surface area contributed by atoms with Crippen LogP contribution in [0.3, 0.4) is 0 Å². The van der Waals surface area contributed by atoms with Gasteiger partial charge >= 0.3 is 11.6 Å². The summed E-state index contributed by atoms with van der Waals surface area (Å²) in [7, 11) is 1.44. The molecular weight excluding hydrogens is 414 g/mol. The maximum atomic E-state index is 12.5. The molecule has 4 aromatic rings. The van der Waals surface area contributed by atoms with E-state index in [0.717, 1.165) is 17.1 Å². The summed E-state index contributed by atoms with van der Waals surface area (Å²) in [6, 6.07) is 19.5. The first-order valence-corrected chi connectivity index (χ1v) is 9.42. The summed E-state index contributed by atoms with van der Waals surface area (Å²) in [4.78, 5) is 31.3. The minimum atomic E-state index is -0.687. The molecule has 10 nitrogen and oxygen atoms in total. The molecular formula is C22H17N5O5. The summed E-state index contributed by atoms with van der Waals surface area (Å²) >= 11 is 0. The molecule has 0 fully saturated rings. The Balaban J connectivity index is 1.59. The number of rotatable bonds is 7. The number of aromatic nitrogens is 2. The average Bonchev–Trinajstić information content (AvgIpc) is 2.82. The number of carbonyl (C=O) groups is 1. The van der Waals surface area contributed by atoms with Crippen molar-refractivity contribution in [3.8, 4) is 17.4 Å². The topological polar surface area (TPSA) is 129 Å². The molecule has 3 aromatic carbocycles. The second-order valence-corrected chi connectivity index (χ2v) is 6.52. The van der Waals surface area contributed by atoms with Crippen molar-refractivity contribution in [1.29, 1.82) is 0 Å². The zero-order chi connectivity index (χ0) is 22.5. The van der Waals surface area contributed by atoms with Gasteiger partial charge in [-0.15, -0.1) is 0 Å². The fourth-order valence-electron chi connectivity index (χ4n) is 3.05. The van der Waals surface area contributed by atoms with Crippen molar-refractivity contribution in [2.45, 2.75) is 0 Å². The van der Waals surface area contributed by atoms with Crippen molar-refractivity contribution in [3.63, 3.8) is 0 Å². The molecule has 160 valence electrons. The lowest BCUT2D eigenvalue weighted by Crippen LogP contribution is -2.30. The maximum Gasteiger partial charge on any atom is 0.374 e. The Kier molecular flexibility index (Phi) is 5.75. The van der Waals surface area contributed by atoms with Crippen molar-refractivity contribution in [2.24, 2.45) is 0 Å². The van der Waals surface area contributed by atoms with Gasteiger partial charge in [0.15, 0.2) is 0 Å². The number of fused-ring (bicyclic) bond motifs is 1. The molecule has 0 aliphatic heterocycles. The van der Waals surface area contributed by atoms with Gasteiger partial charge in [-0.2, -0.15) is 4.98 Å². The number of ether oxygens (including phenoxy) is 2. The third-order valence-corrected chi connectivity index (χ3v) is 4.55. The van der Waals surface area contributed by atoms with E-state index in [9.17, 15) is 14.9 Å². The fraction of sp³-hybridized carbons (Fsp3) is 0.0455. The Morgan fingerprint density at radius 3 is 2.53 bits per heavy atom. The van der Waals surface area contributed by atoms with Crippen molar-refractivity contribution in [3.05, 3.63) is 88.7 Å². The van der Waals surface area contributed by atoms with Crippen LogP contribution in [0.4, 0.5) is 11.5 Å². The van der Waals surface area contributed by atoms with Gasteiger partial charge in [-0.1, -0.05) is 42.5 Å². The molecule has 0 atom stereocenters. The van der Waals surface area contributed by atoms with Gasteiger partial charge in [-0.05, 0) is 35.0 Å². The van der Waals surface area contributed by atoms with Crippen LogP contribution in [0.25, 0.3) is 10.8 Å². The van der Waals surface area contributed by atoms with Crippen LogP contribution >= 0.6 is 0 Å². The van der Waals surface area contributed by atoms with Gasteiger partial charge in [0.2, 0.25) is 5.82 Å². The lowest BCUT2D eigenvalue weighted by molar-refractivity contribution is -0.385. The highest BCUT2D eigenvalue weighted by Gasteiger charge is 2.26. The highest BCUT2D eigenvalue weighted by atomic mass is 16.6. The number of hydrogen-bond donors (Lipinski definition) is 2. The van der Waals surface area contributed by atoms with E-state index >= 15 is 0 Å². The molecule has 0 radical (unpaired) electrons. The molecule has 0 bridgehead atoms. The van der Waals surface area contributed by atoms with E-state index in [1.807, 2.05) is 30.3 Å². The van der Waals surface area contributed by atoms with E-state index in [0.29, 0.717) is 11.5 Å². The van der Waals surface area contributed by atoms with Crippen LogP contribution in [0.1, 0.15) is 10.4 Å². The summed E-state index contributed by atoms with van der Waals surface area (Å²) in [5.74, 6) is -0.343. The lowest BCUT2D eigenvalue weighted by atomic mass is 10.1. The first-order valence-electron chi connectivity index (χ1n) is 9.42. The van der Waals surface area contributed by atoms with Crippen molar-refractivity contribution in [1.82, 2.24) is 15.4 Å². The number of methoxy groups -OCH3 is 1. The Morgan fingerprint density at radius 1 is 1.00 bits per heavy atom. The number of carbonyl (C=O) groups excluding carboxylic acids is 1. The summed E-state index contributed by atoms with van der Waals surface area (Å²) in [6.45, 7) is 0. The van der Waals surface area contributed by atoms with Gasteiger partial charge in [-0.3, -0.25) is 25.8 Å². The van der Waals surface area contributed by atoms with E-state index < -0.39 is 16.5 Å². The van der Waals surface area contributed by atoms with Crippen LogP contribution in [0, 0.1) is 10.1 Å². The van der Waals surface area contributed by atoms with Gasteiger partial charge in [0.25, 0.3) is 5.91 Å². The summed E-state index contributed by atoms with van der Waals surface area (Å²) in [5.41, 5.74) is 4.57. The summed E-state index contributed by atoms with van der Waals surface area (Å²) in [6.07, 6.45) is 1.10. The molecule has 0 unspecified atom stereocenters. The molecule has 0 aliphatic carbocycles. The van der Waals surface area contributed by atoms with E-state index in [2.05, 4.69) is 20.8 Å². The number of para-hydroxylation sites is 1.